The summed E-state index contributed by atoms with van der Waals surface area (Å²) < 4.78 is 22.9. The molecule has 2 atom stereocenters. The number of esters is 1. The maximum Gasteiger partial charge on any atom is 0.323 e. The smallest absolute Gasteiger partial charge is 0.323 e. The van der Waals surface area contributed by atoms with Gasteiger partial charge in [-0.1, -0.05) is 11.6 Å². The fourth-order valence-electron chi connectivity index (χ4n) is 3.87. The van der Waals surface area contributed by atoms with E-state index in [1.807, 2.05) is 13.8 Å². The number of allylic oxidation sites excluding steroid dienone is 2. The summed E-state index contributed by atoms with van der Waals surface area (Å²) in [4.78, 5) is 12.8. The summed E-state index contributed by atoms with van der Waals surface area (Å²) in [5, 5.41) is 19.7. The van der Waals surface area contributed by atoms with Gasteiger partial charge in [-0.05, 0) is 26.3 Å². The number of carbonyl (C=O) groups is 1. The van der Waals surface area contributed by atoms with Crippen molar-refractivity contribution in [3.05, 3.63) is 46.5 Å². The van der Waals surface area contributed by atoms with Gasteiger partial charge in [-0.2, -0.15) is 0 Å². The van der Waals surface area contributed by atoms with Gasteiger partial charge in [0.2, 0.25) is 0 Å². The molecule has 152 valence electrons. The maximum absolute atomic E-state index is 12.8. The average Bonchev–Trinajstić information content (AvgIpc) is 3.04. The number of rotatable bonds is 4. The van der Waals surface area contributed by atoms with Crippen molar-refractivity contribution in [1.29, 1.82) is 0 Å². The van der Waals surface area contributed by atoms with Gasteiger partial charge in [-0.25, -0.2) is 0 Å². The van der Waals surface area contributed by atoms with Crippen LogP contribution in [-0.4, -0.2) is 30.4 Å². The van der Waals surface area contributed by atoms with Crippen molar-refractivity contribution >= 4 is 5.97 Å². The normalized spacial score (nSPS) is 18.7. The number of phenols is 2. The lowest BCUT2D eigenvalue weighted by Gasteiger charge is -2.29. The van der Waals surface area contributed by atoms with Crippen molar-refractivity contribution in [2.45, 2.75) is 32.3 Å². The highest BCUT2D eigenvalue weighted by atomic mass is 16.6. The third kappa shape index (κ3) is 2.93. The van der Waals surface area contributed by atoms with E-state index in [0.29, 0.717) is 40.5 Å². The second-order valence-corrected chi connectivity index (χ2v) is 7.30. The molecule has 2 aromatic carbocycles. The third-order valence-corrected chi connectivity index (χ3v) is 5.23. The van der Waals surface area contributed by atoms with Crippen LogP contribution in [0, 0.1) is 0 Å². The van der Waals surface area contributed by atoms with Gasteiger partial charge < -0.3 is 29.2 Å². The Morgan fingerprint density at radius 2 is 1.83 bits per heavy atom. The van der Waals surface area contributed by atoms with Crippen LogP contribution in [0.4, 0.5) is 0 Å². The molecule has 4 rings (SSSR count). The van der Waals surface area contributed by atoms with E-state index in [4.69, 9.17) is 18.9 Å². The zero-order valence-electron chi connectivity index (χ0n) is 16.6. The number of benzene rings is 2. The van der Waals surface area contributed by atoms with Gasteiger partial charge in [0.1, 0.15) is 35.0 Å². The molecule has 2 N–H and O–H groups in total. The van der Waals surface area contributed by atoms with E-state index in [9.17, 15) is 15.0 Å². The fourth-order valence-corrected chi connectivity index (χ4v) is 3.87. The Kier molecular flexibility index (Phi) is 4.53. The lowest BCUT2D eigenvalue weighted by Crippen LogP contribution is -2.29. The molecule has 0 radical (unpaired) electrons. The molecular formula is C22H22O7. The molecule has 0 bridgehead atoms. The minimum Gasteiger partial charge on any atom is -0.504 e. The SMILES string of the molecule is COc1cc2c(c(OC)c1CC=C(C)C)C1Oc3cc(O)c(O)cc3C1C(=O)O2. The first-order valence-corrected chi connectivity index (χ1v) is 9.21. The highest BCUT2D eigenvalue weighted by Gasteiger charge is 2.49. The Bertz CT molecular complexity index is 1030. The lowest BCUT2D eigenvalue weighted by atomic mass is 9.86. The summed E-state index contributed by atoms with van der Waals surface area (Å²) in [5.41, 5.74) is 3.03. The van der Waals surface area contributed by atoms with Gasteiger partial charge in [-0.3, -0.25) is 4.79 Å². The minimum atomic E-state index is -0.775. The summed E-state index contributed by atoms with van der Waals surface area (Å²) in [5.74, 6) is -0.207. The van der Waals surface area contributed by atoms with Crippen molar-refractivity contribution in [3.63, 3.8) is 0 Å². The van der Waals surface area contributed by atoms with Crippen LogP contribution in [0.15, 0.2) is 29.8 Å². The van der Waals surface area contributed by atoms with Crippen LogP contribution in [0.2, 0.25) is 0 Å². The Hall–Kier alpha value is -3.35. The van der Waals surface area contributed by atoms with E-state index in [1.54, 1.807) is 20.3 Å². The van der Waals surface area contributed by atoms with E-state index in [1.165, 1.54) is 12.1 Å². The number of carbonyl (C=O) groups excluding carboxylic acids is 1. The predicted molar refractivity (Wildman–Crippen MR) is 104 cm³/mol. The zero-order valence-corrected chi connectivity index (χ0v) is 16.6. The van der Waals surface area contributed by atoms with Crippen molar-refractivity contribution in [2.75, 3.05) is 14.2 Å². The van der Waals surface area contributed by atoms with Crippen LogP contribution in [0.1, 0.15) is 42.6 Å². The summed E-state index contributed by atoms with van der Waals surface area (Å²) >= 11 is 0. The van der Waals surface area contributed by atoms with Gasteiger partial charge in [-0.15, -0.1) is 0 Å². The molecule has 2 aliphatic heterocycles. The van der Waals surface area contributed by atoms with Crippen LogP contribution in [0.3, 0.4) is 0 Å². The molecule has 0 aliphatic carbocycles. The molecule has 7 heteroatoms. The van der Waals surface area contributed by atoms with E-state index in [2.05, 4.69) is 6.08 Å². The van der Waals surface area contributed by atoms with Gasteiger partial charge in [0.25, 0.3) is 0 Å². The van der Waals surface area contributed by atoms with Crippen LogP contribution >= 0.6 is 0 Å². The number of phenolic OH excluding ortho intramolecular Hbond substituents is 2. The van der Waals surface area contributed by atoms with Crippen LogP contribution in [-0.2, 0) is 11.2 Å². The van der Waals surface area contributed by atoms with Crippen LogP contribution < -0.4 is 18.9 Å². The highest BCUT2D eigenvalue weighted by Crippen LogP contribution is 2.57. The second kappa shape index (κ2) is 6.92. The molecule has 0 aromatic heterocycles. The topological polar surface area (TPSA) is 94.5 Å². The summed E-state index contributed by atoms with van der Waals surface area (Å²) in [7, 11) is 3.10. The zero-order chi connectivity index (χ0) is 20.9. The van der Waals surface area contributed by atoms with Crippen molar-refractivity contribution in [3.8, 4) is 34.5 Å². The van der Waals surface area contributed by atoms with E-state index in [0.717, 1.165) is 11.1 Å². The molecule has 0 saturated heterocycles. The molecule has 2 heterocycles. The highest BCUT2D eigenvalue weighted by molar-refractivity contribution is 5.87. The molecule has 0 spiro atoms. The van der Waals surface area contributed by atoms with Crippen molar-refractivity contribution in [1.82, 2.24) is 0 Å². The first-order chi connectivity index (χ1) is 13.8. The largest absolute Gasteiger partial charge is 0.504 e. The molecule has 0 fully saturated rings. The standard InChI is InChI=1S/C22H22O7/c1-10(2)5-6-11-15(26-3)9-17-19(20(11)27-4)21-18(22(25)29-17)12-7-13(23)14(24)8-16(12)28-21/h5,7-9,18,21,23-24H,6H2,1-4H3. The average molecular weight is 398 g/mol. The fraction of sp³-hybridized carbons (Fsp3) is 0.318. The quantitative estimate of drug-likeness (QED) is 0.350. The van der Waals surface area contributed by atoms with Gasteiger partial charge in [0, 0.05) is 23.3 Å². The summed E-state index contributed by atoms with van der Waals surface area (Å²) in [6.45, 7) is 4.01. The Morgan fingerprint density at radius 3 is 2.48 bits per heavy atom. The van der Waals surface area contributed by atoms with Crippen molar-refractivity contribution < 1.29 is 34.0 Å². The number of hydrogen-bond acceptors (Lipinski definition) is 7. The Morgan fingerprint density at radius 1 is 1.10 bits per heavy atom. The number of ether oxygens (including phenoxy) is 4. The van der Waals surface area contributed by atoms with Crippen LogP contribution in [0.25, 0.3) is 0 Å². The molecule has 2 aromatic rings. The monoisotopic (exact) mass is 398 g/mol. The second-order valence-electron chi connectivity index (χ2n) is 7.30. The molecule has 7 nitrogen and oxygen atoms in total. The number of fused-ring (bicyclic) bond motifs is 5. The number of hydrogen-bond donors (Lipinski definition) is 2. The van der Waals surface area contributed by atoms with E-state index in [-0.39, 0.29) is 11.5 Å². The molecule has 0 amide bonds. The lowest BCUT2D eigenvalue weighted by molar-refractivity contribution is -0.139. The first-order valence-electron chi connectivity index (χ1n) is 9.21. The molecule has 29 heavy (non-hydrogen) atoms. The van der Waals surface area contributed by atoms with Gasteiger partial charge in [0.05, 0.1) is 19.8 Å². The number of methoxy groups -OCH3 is 2. The number of aromatic hydroxyl groups is 2. The first kappa shape index (κ1) is 19.0. The summed E-state index contributed by atoms with van der Waals surface area (Å²) in [6, 6.07) is 4.30. The Labute approximate surface area is 168 Å². The molecule has 2 aliphatic rings. The van der Waals surface area contributed by atoms with Gasteiger partial charge in [0.15, 0.2) is 11.5 Å². The van der Waals surface area contributed by atoms with E-state index >= 15 is 0 Å². The molecular weight excluding hydrogens is 376 g/mol. The molecule has 0 saturated carbocycles. The Balaban J connectivity index is 1.90. The van der Waals surface area contributed by atoms with Crippen LogP contribution in [0.5, 0.6) is 34.5 Å². The summed E-state index contributed by atoms with van der Waals surface area (Å²) in [6.07, 6.45) is 1.93. The minimum absolute atomic E-state index is 0.312. The van der Waals surface area contributed by atoms with Gasteiger partial charge >= 0.3 is 5.97 Å². The van der Waals surface area contributed by atoms with E-state index < -0.39 is 18.0 Å². The maximum atomic E-state index is 12.8. The third-order valence-electron chi connectivity index (χ3n) is 5.23. The predicted octanol–water partition coefficient (Wildman–Crippen LogP) is 3.76. The molecule has 2 unspecified atom stereocenters. The van der Waals surface area contributed by atoms with Crippen molar-refractivity contribution in [2.24, 2.45) is 0 Å².